The minimum absolute atomic E-state index is 0.246. The average molecular weight is 273 g/mol. The highest BCUT2D eigenvalue weighted by molar-refractivity contribution is 5.90. The minimum Gasteiger partial charge on any atom is -0.469 e. The first-order valence-corrected chi connectivity index (χ1v) is 6.75. The number of hydrogen-bond acceptors (Lipinski definition) is 4. The van der Waals surface area contributed by atoms with E-state index < -0.39 is 0 Å². The number of hydrogen-bond donors (Lipinski definition) is 1. The summed E-state index contributed by atoms with van der Waals surface area (Å²) in [6.45, 7) is 3.29. The maximum Gasteiger partial charge on any atom is 0.284 e. The molecule has 1 aromatic heterocycles. The van der Waals surface area contributed by atoms with Crippen molar-refractivity contribution in [1.82, 2.24) is 14.7 Å². The van der Waals surface area contributed by atoms with Gasteiger partial charge in [0.2, 0.25) is 0 Å². The summed E-state index contributed by atoms with van der Waals surface area (Å²) in [5.41, 5.74) is 1.15. The Bertz CT molecular complexity index is 628. The fourth-order valence-electron chi connectivity index (χ4n) is 2.68. The monoisotopic (exact) mass is 273 g/mol. The lowest BCUT2D eigenvalue weighted by Crippen LogP contribution is -2.49. The Morgan fingerprint density at radius 3 is 2.60 bits per heavy atom. The van der Waals surface area contributed by atoms with Crippen LogP contribution in [0, 0.1) is 5.41 Å². The van der Waals surface area contributed by atoms with E-state index in [0.29, 0.717) is 0 Å². The van der Waals surface area contributed by atoms with E-state index in [0.717, 1.165) is 37.5 Å². The van der Waals surface area contributed by atoms with Crippen LogP contribution >= 0.6 is 0 Å². The number of fused-ring (bicyclic) bond motifs is 1. The molecule has 0 amide bonds. The molecule has 2 heterocycles. The van der Waals surface area contributed by atoms with E-state index in [2.05, 4.69) is 22.1 Å². The summed E-state index contributed by atoms with van der Waals surface area (Å²) in [5, 5.41) is 13.5. The fourth-order valence-corrected chi connectivity index (χ4v) is 2.68. The third kappa shape index (κ3) is 2.07. The van der Waals surface area contributed by atoms with Crippen molar-refractivity contribution in [1.29, 1.82) is 5.41 Å². The Labute approximate surface area is 118 Å². The second kappa shape index (κ2) is 5.03. The van der Waals surface area contributed by atoms with E-state index in [4.69, 9.17) is 10.1 Å². The molecule has 2 aromatic rings. The number of amidine groups is 1. The zero-order valence-corrected chi connectivity index (χ0v) is 11.8. The van der Waals surface area contributed by atoms with Crippen LogP contribution in [-0.2, 0) is 11.8 Å². The summed E-state index contributed by atoms with van der Waals surface area (Å²) in [7, 11) is 3.52. The van der Waals surface area contributed by atoms with Gasteiger partial charge in [-0.05, 0) is 12.1 Å². The van der Waals surface area contributed by atoms with Crippen LogP contribution in [0.5, 0.6) is 0 Å². The van der Waals surface area contributed by atoms with Gasteiger partial charge in [0.1, 0.15) is 0 Å². The summed E-state index contributed by atoms with van der Waals surface area (Å²) >= 11 is 0. The molecule has 0 saturated carbocycles. The summed E-state index contributed by atoms with van der Waals surface area (Å²) in [5.74, 6) is 1.03. The van der Waals surface area contributed by atoms with E-state index in [1.807, 2.05) is 28.8 Å². The Morgan fingerprint density at radius 2 is 1.90 bits per heavy atom. The molecule has 1 fully saturated rings. The molecule has 0 spiro atoms. The van der Waals surface area contributed by atoms with Gasteiger partial charge in [0.05, 0.1) is 12.6 Å². The minimum atomic E-state index is 0.246. The van der Waals surface area contributed by atoms with Gasteiger partial charge in [-0.1, -0.05) is 12.1 Å². The van der Waals surface area contributed by atoms with Crippen molar-refractivity contribution in [3.05, 3.63) is 24.3 Å². The van der Waals surface area contributed by atoms with Gasteiger partial charge in [-0.25, -0.2) is 0 Å². The maximum absolute atomic E-state index is 7.70. The maximum atomic E-state index is 7.70. The van der Waals surface area contributed by atoms with Crippen LogP contribution in [0.15, 0.2) is 24.3 Å². The van der Waals surface area contributed by atoms with Crippen molar-refractivity contribution in [2.45, 2.75) is 0 Å². The van der Waals surface area contributed by atoms with Crippen molar-refractivity contribution in [3.8, 4) is 0 Å². The molecule has 6 heteroatoms. The third-order valence-corrected chi connectivity index (χ3v) is 3.80. The number of aromatic nitrogens is 2. The molecule has 1 aliphatic heterocycles. The first-order valence-electron chi connectivity index (χ1n) is 6.75. The molecule has 1 aromatic carbocycles. The van der Waals surface area contributed by atoms with Crippen LogP contribution in [0.25, 0.3) is 10.9 Å². The fraction of sp³-hybridized carbons (Fsp3) is 0.429. The van der Waals surface area contributed by atoms with Gasteiger partial charge >= 0.3 is 0 Å². The second-order valence-corrected chi connectivity index (χ2v) is 4.95. The SMILES string of the molecule is COC(=N)N1CCN(c2nn(C)c3ccccc23)CC1. The van der Waals surface area contributed by atoms with Crippen molar-refractivity contribution in [2.75, 3.05) is 38.2 Å². The second-order valence-electron chi connectivity index (χ2n) is 4.95. The molecule has 106 valence electrons. The first-order chi connectivity index (χ1) is 9.70. The number of ether oxygens (including phenoxy) is 1. The van der Waals surface area contributed by atoms with Crippen LogP contribution in [0.4, 0.5) is 5.82 Å². The van der Waals surface area contributed by atoms with Gasteiger partial charge in [-0.15, -0.1) is 0 Å². The Hall–Kier alpha value is -2.24. The smallest absolute Gasteiger partial charge is 0.284 e. The third-order valence-electron chi connectivity index (χ3n) is 3.80. The molecule has 3 rings (SSSR count). The van der Waals surface area contributed by atoms with Crippen LogP contribution in [0.1, 0.15) is 0 Å². The van der Waals surface area contributed by atoms with E-state index in [1.165, 1.54) is 5.39 Å². The summed E-state index contributed by atoms with van der Waals surface area (Å²) < 4.78 is 6.90. The predicted octanol–water partition coefficient (Wildman–Crippen LogP) is 1.28. The highest BCUT2D eigenvalue weighted by Crippen LogP contribution is 2.26. The quantitative estimate of drug-likeness (QED) is 0.628. The van der Waals surface area contributed by atoms with Gasteiger partial charge in [0.15, 0.2) is 5.82 Å². The van der Waals surface area contributed by atoms with Crippen LogP contribution in [0.2, 0.25) is 0 Å². The van der Waals surface area contributed by atoms with Crippen LogP contribution < -0.4 is 4.90 Å². The average Bonchev–Trinajstić information content (AvgIpc) is 2.84. The lowest BCUT2D eigenvalue weighted by Gasteiger charge is -2.35. The highest BCUT2D eigenvalue weighted by Gasteiger charge is 2.22. The van der Waals surface area contributed by atoms with Gasteiger partial charge in [-0.3, -0.25) is 10.1 Å². The number of nitrogens with zero attached hydrogens (tertiary/aromatic N) is 4. The van der Waals surface area contributed by atoms with Crippen LogP contribution in [0.3, 0.4) is 0 Å². The molecule has 1 N–H and O–H groups in total. The normalized spacial score (nSPS) is 15.7. The number of nitrogens with one attached hydrogen (secondary N) is 1. The molecule has 0 atom stereocenters. The number of aryl methyl sites for hydroxylation is 1. The predicted molar refractivity (Wildman–Crippen MR) is 79.2 cm³/mol. The van der Waals surface area contributed by atoms with Gasteiger partial charge in [0.25, 0.3) is 6.02 Å². The number of para-hydroxylation sites is 1. The molecule has 6 nitrogen and oxygen atoms in total. The van der Waals surface area contributed by atoms with E-state index in [-0.39, 0.29) is 6.02 Å². The molecule has 0 radical (unpaired) electrons. The van der Waals surface area contributed by atoms with Gasteiger partial charge in [0, 0.05) is 38.6 Å². The van der Waals surface area contributed by atoms with Gasteiger partial charge in [-0.2, -0.15) is 5.10 Å². The standard InChI is InChI=1S/C14H19N5O/c1-17-12-6-4-3-5-11(12)13(16-17)18-7-9-19(10-8-18)14(15)20-2/h3-6,15H,7-10H2,1-2H3. The summed E-state index contributed by atoms with van der Waals surface area (Å²) in [6, 6.07) is 8.52. The zero-order valence-electron chi connectivity index (χ0n) is 11.8. The molecule has 0 bridgehead atoms. The number of anilines is 1. The zero-order chi connectivity index (χ0) is 14.1. The van der Waals surface area contributed by atoms with Crippen molar-refractivity contribution in [3.63, 3.8) is 0 Å². The molecule has 0 unspecified atom stereocenters. The molecule has 0 aliphatic carbocycles. The lowest BCUT2D eigenvalue weighted by molar-refractivity contribution is 0.267. The Morgan fingerprint density at radius 1 is 1.20 bits per heavy atom. The van der Waals surface area contributed by atoms with Crippen molar-refractivity contribution < 1.29 is 4.74 Å². The van der Waals surface area contributed by atoms with E-state index in [9.17, 15) is 0 Å². The first kappa shape index (κ1) is 12.8. The lowest BCUT2D eigenvalue weighted by atomic mass is 10.2. The Kier molecular flexibility index (Phi) is 3.22. The molecular formula is C14H19N5O. The molecular weight excluding hydrogens is 254 g/mol. The largest absolute Gasteiger partial charge is 0.469 e. The Balaban J connectivity index is 1.82. The van der Waals surface area contributed by atoms with Crippen molar-refractivity contribution in [2.24, 2.45) is 7.05 Å². The van der Waals surface area contributed by atoms with Crippen LogP contribution in [-0.4, -0.2) is 54.0 Å². The molecule has 20 heavy (non-hydrogen) atoms. The number of rotatable bonds is 1. The van der Waals surface area contributed by atoms with Crippen molar-refractivity contribution >= 4 is 22.7 Å². The number of methoxy groups -OCH3 is 1. The number of piperazine rings is 1. The highest BCUT2D eigenvalue weighted by atomic mass is 16.5. The number of benzene rings is 1. The van der Waals surface area contributed by atoms with E-state index >= 15 is 0 Å². The summed E-state index contributed by atoms with van der Waals surface area (Å²) in [4.78, 5) is 4.23. The van der Waals surface area contributed by atoms with Gasteiger partial charge < -0.3 is 14.5 Å². The van der Waals surface area contributed by atoms with E-state index in [1.54, 1.807) is 7.11 Å². The topological polar surface area (TPSA) is 57.4 Å². The summed E-state index contributed by atoms with van der Waals surface area (Å²) in [6.07, 6.45) is 0. The molecule has 1 saturated heterocycles. The molecule has 1 aliphatic rings.